The van der Waals surface area contributed by atoms with Crippen molar-refractivity contribution in [1.29, 1.82) is 0 Å². The highest BCUT2D eigenvalue weighted by atomic mass is 15.2. The van der Waals surface area contributed by atoms with E-state index in [1.165, 1.54) is 6.42 Å². The molecule has 88 valence electrons. The van der Waals surface area contributed by atoms with Crippen LogP contribution in [-0.2, 0) is 6.42 Å². The van der Waals surface area contributed by atoms with Crippen LogP contribution in [-0.4, -0.2) is 23.1 Å². The Labute approximate surface area is 96.9 Å². The predicted molar refractivity (Wildman–Crippen MR) is 66.4 cm³/mol. The van der Waals surface area contributed by atoms with Gasteiger partial charge in [0.15, 0.2) is 0 Å². The summed E-state index contributed by atoms with van der Waals surface area (Å²) < 4.78 is 0. The molecule has 2 heterocycles. The highest BCUT2D eigenvalue weighted by Gasteiger charge is 2.20. The number of hydrogen-bond acceptors (Lipinski definition) is 4. The van der Waals surface area contributed by atoms with Gasteiger partial charge in [-0.1, -0.05) is 13.8 Å². The molecule has 0 aliphatic carbocycles. The van der Waals surface area contributed by atoms with Crippen LogP contribution >= 0.6 is 0 Å². The fourth-order valence-electron chi connectivity index (χ4n) is 2.14. The van der Waals surface area contributed by atoms with E-state index in [0.29, 0.717) is 5.82 Å². The van der Waals surface area contributed by atoms with E-state index in [9.17, 15) is 0 Å². The maximum atomic E-state index is 5.81. The largest absolute Gasteiger partial charge is 0.384 e. The van der Waals surface area contributed by atoms with E-state index >= 15 is 0 Å². The molecule has 0 amide bonds. The second-order valence-corrected chi connectivity index (χ2v) is 4.66. The summed E-state index contributed by atoms with van der Waals surface area (Å²) in [5.41, 5.74) is 5.81. The van der Waals surface area contributed by atoms with Gasteiger partial charge in [-0.2, -0.15) is 0 Å². The van der Waals surface area contributed by atoms with Crippen LogP contribution in [0.5, 0.6) is 0 Å². The van der Waals surface area contributed by atoms with Crippen molar-refractivity contribution < 1.29 is 0 Å². The molecule has 1 aliphatic heterocycles. The molecule has 2 N–H and O–H groups in total. The van der Waals surface area contributed by atoms with Crippen molar-refractivity contribution >= 4 is 11.6 Å². The predicted octanol–water partition coefficient (Wildman–Crippen LogP) is 1.86. The van der Waals surface area contributed by atoms with Gasteiger partial charge in [-0.3, -0.25) is 0 Å². The van der Waals surface area contributed by atoms with Gasteiger partial charge >= 0.3 is 0 Å². The molecule has 1 aliphatic rings. The Bertz CT molecular complexity index is 364. The summed E-state index contributed by atoms with van der Waals surface area (Å²) in [5, 5.41) is 0. The lowest BCUT2D eigenvalue weighted by Crippen LogP contribution is -2.21. The van der Waals surface area contributed by atoms with Crippen LogP contribution in [0.3, 0.4) is 0 Å². The van der Waals surface area contributed by atoms with Crippen molar-refractivity contribution in [3.8, 4) is 0 Å². The number of hydrogen-bond donors (Lipinski definition) is 1. The van der Waals surface area contributed by atoms with E-state index in [-0.39, 0.29) is 0 Å². The Balaban J connectivity index is 2.20. The van der Waals surface area contributed by atoms with Gasteiger partial charge in [-0.25, -0.2) is 9.97 Å². The molecular weight excluding hydrogens is 200 g/mol. The Morgan fingerprint density at radius 2 is 2.31 bits per heavy atom. The Hall–Kier alpha value is -1.32. The van der Waals surface area contributed by atoms with Crippen molar-refractivity contribution in [2.24, 2.45) is 5.92 Å². The summed E-state index contributed by atoms with van der Waals surface area (Å²) in [4.78, 5) is 11.1. The van der Waals surface area contributed by atoms with Crippen LogP contribution in [0.15, 0.2) is 6.07 Å². The zero-order valence-electron chi connectivity index (χ0n) is 10.1. The molecule has 0 radical (unpaired) electrons. The molecule has 2 rings (SSSR count). The summed E-state index contributed by atoms with van der Waals surface area (Å²) in [6.07, 6.45) is 3.20. The first-order valence-corrected chi connectivity index (χ1v) is 6.07. The third-order valence-corrected chi connectivity index (χ3v) is 3.00. The van der Waals surface area contributed by atoms with Crippen LogP contribution in [0, 0.1) is 5.92 Å². The quantitative estimate of drug-likeness (QED) is 0.844. The molecule has 1 unspecified atom stereocenters. The molecule has 4 nitrogen and oxygen atoms in total. The van der Waals surface area contributed by atoms with Crippen LogP contribution in [0.2, 0.25) is 0 Å². The molecular formula is C12H20N4. The molecule has 0 saturated carbocycles. The lowest BCUT2D eigenvalue weighted by Gasteiger charge is -2.17. The summed E-state index contributed by atoms with van der Waals surface area (Å²) >= 11 is 0. The average molecular weight is 220 g/mol. The molecule has 1 fully saturated rings. The third-order valence-electron chi connectivity index (χ3n) is 3.00. The minimum atomic E-state index is 0.591. The number of nitrogen functional groups attached to an aromatic ring is 1. The van der Waals surface area contributed by atoms with Crippen molar-refractivity contribution in [1.82, 2.24) is 9.97 Å². The van der Waals surface area contributed by atoms with Crippen molar-refractivity contribution in [3.63, 3.8) is 0 Å². The van der Waals surface area contributed by atoms with Gasteiger partial charge in [0.25, 0.3) is 0 Å². The zero-order valence-corrected chi connectivity index (χ0v) is 10.1. The molecule has 1 saturated heterocycles. The maximum Gasteiger partial charge on any atom is 0.134 e. The van der Waals surface area contributed by atoms with Crippen molar-refractivity contribution in [3.05, 3.63) is 11.9 Å². The van der Waals surface area contributed by atoms with Crippen molar-refractivity contribution in [2.75, 3.05) is 23.7 Å². The number of aromatic nitrogens is 2. The number of anilines is 2. The van der Waals surface area contributed by atoms with Gasteiger partial charge in [0.2, 0.25) is 0 Å². The molecule has 1 atom stereocenters. The first kappa shape index (κ1) is 11.2. The third kappa shape index (κ3) is 2.43. The van der Waals surface area contributed by atoms with Crippen molar-refractivity contribution in [2.45, 2.75) is 33.1 Å². The number of aryl methyl sites for hydroxylation is 1. The highest BCUT2D eigenvalue weighted by molar-refractivity contribution is 5.47. The minimum absolute atomic E-state index is 0.591. The topological polar surface area (TPSA) is 55.0 Å². The lowest BCUT2D eigenvalue weighted by molar-refractivity contribution is 0.658. The van der Waals surface area contributed by atoms with Gasteiger partial charge in [0.1, 0.15) is 17.5 Å². The van der Waals surface area contributed by atoms with Crippen LogP contribution in [0.1, 0.15) is 32.5 Å². The number of nitrogens with zero attached hydrogens (tertiary/aromatic N) is 3. The lowest BCUT2D eigenvalue weighted by atomic mass is 10.2. The second kappa shape index (κ2) is 4.68. The van der Waals surface area contributed by atoms with Crippen LogP contribution in [0.25, 0.3) is 0 Å². The van der Waals surface area contributed by atoms with E-state index in [0.717, 1.165) is 43.5 Å². The second-order valence-electron chi connectivity index (χ2n) is 4.66. The maximum absolute atomic E-state index is 5.81. The molecule has 0 aromatic carbocycles. The summed E-state index contributed by atoms with van der Waals surface area (Å²) in [6.45, 7) is 6.58. The Morgan fingerprint density at radius 3 is 2.94 bits per heavy atom. The molecule has 16 heavy (non-hydrogen) atoms. The van der Waals surface area contributed by atoms with E-state index in [2.05, 4.69) is 28.7 Å². The van der Waals surface area contributed by atoms with E-state index in [1.54, 1.807) is 0 Å². The summed E-state index contributed by atoms with van der Waals surface area (Å²) in [5.74, 6) is 3.22. The molecule has 1 aromatic heterocycles. The van der Waals surface area contributed by atoms with E-state index in [1.807, 2.05) is 6.07 Å². The molecule has 0 spiro atoms. The van der Waals surface area contributed by atoms with Crippen LogP contribution < -0.4 is 10.6 Å². The van der Waals surface area contributed by atoms with Gasteiger partial charge < -0.3 is 10.6 Å². The number of nitrogens with two attached hydrogens (primary N) is 1. The molecule has 4 heteroatoms. The van der Waals surface area contributed by atoms with E-state index in [4.69, 9.17) is 5.73 Å². The van der Waals surface area contributed by atoms with E-state index < -0.39 is 0 Å². The monoisotopic (exact) mass is 220 g/mol. The zero-order chi connectivity index (χ0) is 11.5. The SMILES string of the molecule is CCCc1nc(N)cc(N2CCC(C)C2)n1. The fraction of sp³-hybridized carbons (Fsp3) is 0.667. The van der Waals surface area contributed by atoms with Gasteiger partial charge in [-0.05, 0) is 18.8 Å². The highest BCUT2D eigenvalue weighted by Crippen LogP contribution is 2.22. The van der Waals surface area contributed by atoms with Crippen LogP contribution in [0.4, 0.5) is 11.6 Å². The van der Waals surface area contributed by atoms with Gasteiger partial charge in [-0.15, -0.1) is 0 Å². The minimum Gasteiger partial charge on any atom is -0.384 e. The summed E-state index contributed by atoms with van der Waals surface area (Å²) in [6, 6.07) is 1.89. The first-order valence-electron chi connectivity index (χ1n) is 6.07. The average Bonchev–Trinajstić information content (AvgIpc) is 2.64. The Kier molecular flexibility index (Phi) is 3.27. The number of rotatable bonds is 3. The standard InChI is InChI=1S/C12H20N4/c1-3-4-11-14-10(13)7-12(15-11)16-6-5-9(2)8-16/h7,9H,3-6,8H2,1-2H3,(H2,13,14,15). The smallest absolute Gasteiger partial charge is 0.134 e. The summed E-state index contributed by atoms with van der Waals surface area (Å²) in [7, 11) is 0. The molecule has 0 bridgehead atoms. The van der Waals surface area contributed by atoms with Gasteiger partial charge in [0, 0.05) is 25.6 Å². The Morgan fingerprint density at radius 1 is 1.50 bits per heavy atom. The molecule has 1 aromatic rings. The van der Waals surface area contributed by atoms with Gasteiger partial charge in [0.05, 0.1) is 0 Å². The first-order chi connectivity index (χ1) is 7.69. The normalized spacial score (nSPS) is 20.4. The fourth-order valence-corrected chi connectivity index (χ4v) is 2.14.